The largest absolute Gasteiger partial charge is 0.456 e. The zero-order valence-corrected chi connectivity index (χ0v) is 15.7. The van der Waals surface area contributed by atoms with Gasteiger partial charge in [-0.25, -0.2) is 0 Å². The molecule has 3 rings (SSSR count). The van der Waals surface area contributed by atoms with Gasteiger partial charge in [0.15, 0.2) is 5.76 Å². The molecule has 1 aliphatic heterocycles. The molecule has 0 spiro atoms. The monoisotopic (exact) mass is 369 g/mol. The Kier molecular flexibility index (Phi) is 6.29. The van der Waals surface area contributed by atoms with Gasteiger partial charge in [-0.1, -0.05) is 31.2 Å². The number of hydrogen-bond donors (Lipinski definition) is 2. The predicted molar refractivity (Wildman–Crippen MR) is 103 cm³/mol. The average Bonchev–Trinajstić information content (AvgIpc) is 3.16. The molecular weight excluding hydrogens is 342 g/mol. The van der Waals surface area contributed by atoms with Gasteiger partial charge in [0.2, 0.25) is 5.91 Å². The van der Waals surface area contributed by atoms with Gasteiger partial charge in [-0.05, 0) is 42.6 Å². The highest BCUT2D eigenvalue weighted by Gasteiger charge is 2.23. The van der Waals surface area contributed by atoms with Crippen LogP contribution in [-0.4, -0.2) is 29.8 Å². The molecule has 0 radical (unpaired) electrons. The van der Waals surface area contributed by atoms with E-state index in [-0.39, 0.29) is 17.7 Å². The lowest BCUT2D eigenvalue weighted by atomic mass is 9.97. The summed E-state index contributed by atoms with van der Waals surface area (Å²) in [7, 11) is 0. The summed E-state index contributed by atoms with van der Waals surface area (Å²) in [5.74, 6) is 0.676. The fourth-order valence-corrected chi connectivity index (χ4v) is 3.49. The molecule has 2 amide bonds. The van der Waals surface area contributed by atoms with E-state index in [0.29, 0.717) is 18.8 Å². The number of carbonyl (C=O) groups excluding carboxylic acids is 2. The quantitative estimate of drug-likeness (QED) is 0.785. The molecule has 3 N–H and O–H groups in total. The van der Waals surface area contributed by atoms with Crippen molar-refractivity contribution in [2.45, 2.75) is 39.3 Å². The Hall–Kier alpha value is -2.60. The van der Waals surface area contributed by atoms with Crippen LogP contribution in [0.1, 0.15) is 47.2 Å². The molecule has 6 heteroatoms. The number of piperidine rings is 1. The van der Waals surface area contributed by atoms with E-state index in [1.807, 2.05) is 25.1 Å². The van der Waals surface area contributed by atoms with Crippen LogP contribution in [0.3, 0.4) is 0 Å². The Balaban J connectivity index is 1.55. The van der Waals surface area contributed by atoms with Gasteiger partial charge >= 0.3 is 0 Å². The van der Waals surface area contributed by atoms with Crippen LogP contribution in [0, 0.1) is 5.92 Å². The summed E-state index contributed by atoms with van der Waals surface area (Å²) < 4.78 is 5.48. The van der Waals surface area contributed by atoms with E-state index in [4.69, 9.17) is 10.2 Å². The number of aryl methyl sites for hydroxylation is 1. The molecule has 2 heterocycles. The van der Waals surface area contributed by atoms with Crippen molar-refractivity contribution in [2.75, 3.05) is 13.1 Å². The summed E-state index contributed by atoms with van der Waals surface area (Å²) in [5, 5.41) is 2.90. The van der Waals surface area contributed by atoms with E-state index in [9.17, 15) is 9.59 Å². The van der Waals surface area contributed by atoms with Crippen molar-refractivity contribution in [2.24, 2.45) is 11.7 Å². The lowest BCUT2D eigenvalue weighted by molar-refractivity contribution is -0.123. The van der Waals surface area contributed by atoms with Crippen molar-refractivity contribution in [3.63, 3.8) is 0 Å². The molecule has 1 unspecified atom stereocenters. The molecule has 1 saturated heterocycles. The lowest BCUT2D eigenvalue weighted by Crippen LogP contribution is -2.40. The first-order valence-corrected chi connectivity index (χ1v) is 9.51. The minimum atomic E-state index is -0.208. The molecule has 144 valence electrons. The van der Waals surface area contributed by atoms with Crippen molar-refractivity contribution < 1.29 is 14.0 Å². The fraction of sp³-hybridized carbons (Fsp3) is 0.429. The van der Waals surface area contributed by atoms with E-state index < -0.39 is 0 Å². The third-order valence-corrected chi connectivity index (χ3v) is 4.99. The van der Waals surface area contributed by atoms with Crippen LogP contribution in [0.15, 0.2) is 40.8 Å². The van der Waals surface area contributed by atoms with Gasteiger partial charge in [0.1, 0.15) is 5.76 Å². The van der Waals surface area contributed by atoms with Gasteiger partial charge in [-0.3, -0.25) is 14.5 Å². The Morgan fingerprint density at radius 1 is 1.26 bits per heavy atom. The highest BCUT2D eigenvalue weighted by Crippen LogP contribution is 2.19. The van der Waals surface area contributed by atoms with Crippen LogP contribution in [0.2, 0.25) is 0 Å². The smallest absolute Gasteiger partial charge is 0.287 e. The molecule has 2 aromatic rings. The number of nitrogens with two attached hydrogens (primary N) is 1. The molecule has 27 heavy (non-hydrogen) atoms. The van der Waals surface area contributed by atoms with E-state index in [1.54, 1.807) is 6.07 Å². The maximum absolute atomic E-state index is 12.2. The number of nitrogens with zero attached hydrogens (tertiary/aromatic N) is 1. The topological polar surface area (TPSA) is 88.6 Å². The summed E-state index contributed by atoms with van der Waals surface area (Å²) in [5.41, 5.74) is 7.66. The number of benzene rings is 1. The molecule has 0 bridgehead atoms. The Morgan fingerprint density at radius 3 is 2.81 bits per heavy atom. The summed E-state index contributed by atoms with van der Waals surface area (Å²) in [6, 6.07) is 11.7. The predicted octanol–water partition coefficient (Wildman–Crippen LogP) is 2.47. The van der Waals surface area contributed by atoms with Crippen LogP contribution in [0.4, 0.5) is 0 Å². The molecule has 1 aromatic carbocycles. The van der Waals surface area contributed by atoms with Gasteiger partial charge in [-0.15, -0.1) is 0 Å². The molecule has 1 aromatic heterocycles. The Bertz CT molecular complexity index is 799. The zero-order chi connectivity index (χ0) is 19.2. The number of carbonyl (C=O) groups is 2. The SMILES string of the molecule is CCc1ccc(C(=O)NCc2cccc(CN3CCCC(C(N)=O)C3)c2)o1. The van der Waals surface area contributed by atoms with E-state index >= 15 is 0 Å². The Morgan fingerprint density at radius 2 is 2.07 bits per heavy atom. The van der Waals surface area contributed by atoms with E-state index in [0.717, 1.165) is 49.2 Å². The van der Waals surface area contributed by atoms with Crippen molar-refractivity contribution in [3.05, 3.63) is 59.0 Å². The molecular formula is C21H27N3O3. The number of nitrogens with one attached hydrogen (secondary N) is 1. The van der Waals surface area contributed by atoms with Gasteiger partial charge < -0.3 is 15.5 Å². The van der Waals surface area contributed by atoms with Crippen LogP contribution in [0.25, 0.3) is 0 Å². The molecule has 0 saturated carbocycles. The van der Waals surface area contributed by atoms with Gasteiger partial charge in [0.05, 0.1) is 5.92 Å². The first-order valence-electron chi connectivity index (χ1n) is 9.51. The summed E-state index contributed by atoms with van der Waals surface area (Å²) in [4.78, 5) is 25.9. The molecule has 1 fully saturated rings. The first-order chi connectivity index (χ1) is 13.0. The number of hydrogen-bond acceptors (Lipinski definition) is 4. The van der Waals surface area contributed by atoms with Crippen molar-refractivity contribution in [1.82, 2.24) is 10.2 Å². The number of amides is 2. The lowest BCUT2D eigenvalue weighted by Gasteiger charge is -2.31. The van der Waals surface area contributed by atoms with Crippen LogP contribution in [0.5, 0.6) is 0 Å². The van der Waals surface area contributed by atoms with Crippen LogP contribution < -0.4 is 11.1 Å². The van der Waals surface area contributed by atoms with Crippen LogP contribution in [-0.2, 0) is 24.3 Å². The number of likely N-dealkylation sites (tertiary alicyclic amines) is 1. The molecule has 0 aliphatic carbocycles. The van der Waals surface area contributed by atoms with Gasteiger partial charge in [0, 0.05) is 26.1 Å². The third kappa shape index (κ3) is 5.20. The van der Waals surface area contributed by atoms with Crippen molar-refractivity contribution >= 4 is 11.8 Å². The van der Waals surface area contributed by atoms with Crippen molar-refractivity contribution in [3.8, 4) is 0 Å². The second-order valence-corrected chi connectivity index (χ2v) is 7.10. The summed E-state index contributed by atoms with van der Waals surface area (Å²) in [6.07, 6.45) is 2.64. The molecule has 1 aliphatic rings. The maximum atomic E-state index is 12.2. The second kappa shape index (κ2) is 8.86. The molecule has 6 nitrogen and oxygen atoms in total. The van der Waals surface area contributed by atoms with Crippen LogP contribution >= 0.6 is 0 Å². The van der Waals surface area contributed by atoms with Gasteiger partial charge in [0.25, 0.3) is 5.91 Å². The number of furan rings is 1. The second-order valence-electron chi connectivity index (χ2n) is 7.10. The van der Waals surface area contributed by atoms with Gasteiger partial charge in [-0.2, -0.15) is 0 Å². The minimum absolute atomic E-state index is 0.0532. The average molecular weight is 369 g/mol. The minimum Gasteiger partial charge on any atom is -0.456 e. The summed E-state index contributed by atoms with van der Waals surface area (Å²) in [6.45, 7) is 4.90. The normalized spacial score (nSPS) is 17.6. The highest BCUT2D eigenvalue weighted by molar-refractivity contribution is 5.91. The third-order valence-electron chi connectivity index (χ3n) is 4.99. The summed E-state index contributed by atoms with van der Waals surface area (Å²) >= 11 is 0. The Labute approximate surface area is 159 Å². The highest BCUT2D eigenvalue weighted by atomic mass is 16.3. The first kappa shape index (κ1) is 19.2. The molecule has 1 atom stereocenters. The maximum Gasteiger partial charge on any atom is 0.287 e. The fourth-order valence-electron chi connectivity index (χ4n) is 3.49. The van der Waals surface area contributed by atoms with Crippen molar-refractivity contribution in [1.29, 1.82) is 0 Å². The number of primary amides is 1. The van der Waals surface area contributed by atoms with E-state index in [1.165, 1.54) is 0 Å². The van der Waals surface area contributed by atoms with E-state index in [2.05, 4.69) is 22.3 Å². The zero-order valence-electron chi connectivity index (χ0n) is 15.7. The standard InChI is InChI=1S/C21H27N3O3/c1-2-18-8-9-19(27-18)21(26)23-12-15-5-3-6-16(11-15)13-24-10-4-7-17(14-24)20(22)25/h3,5-6,8-9,11,17H,2,4,7,10,12-14H2,1H3,(H2,22,25)(H,23,26). The number of rotatable bonds is 7.